The maximum atomic E-state index is 13.5. The molecule has 2 N–H and O–H groups in total. The number of ether oxygens (including phenoxy) is 2. The van der Waals surface area contributed by atoms with Gasteiger partial charge in [0.15, 0.2) is 15.6 Å². The van der Waals surface area contributed by atoms with Crippen LogP contribution in [0.3, 0.4) is 0 Å². The van der Waals surface area contributed by atoms with E-state index in [1.54, 1.807) is 60.7 Å². The number of nitrogens with one attached hydrogen (secondary N) is 2. The lowest BCUT2D eigenvalue weighted by molar-refractivity contribution is 0.0378. The van der Waals surface area contributed by atoms with Crippen LogP contribution in [-0.4, -0.2) is 45.4 Å². The Labute approximate surface area is 202 Å². The van der Waals surface area contributed by atoms with Crippen molar-refractivity contribution in [3.63, 3.8) is 0 Å². The summed E-state index contributed by atoms with van der Waals surface area (Å²) >= 11 is 0. The molecule has 4 rings (SSSR count). The second-order valence-electron chi connectivity index (χ2n) is 8.00. The van der Waals surface area contributed by atoms with Gasteiger partial charge in [0.1, 0.15) is 18.6 Å². The Morgan fingerprint density at radius 1 is 0.743 bits per heavy atom. The third-order valence-electron chi connectivity index (χ3n) is 5.41. The van der Waals surface area contributed by atoms with Gasteiger partial charge in [0.2, 0.25) is 0 Å². The van der Waals surface area contributed by atoms with Gasteiger partial charge in [0, 0.05) is 16.9 Å². The molecule has 1 aliphatic heterocycles. The number of hydrogen-bond donors (Lipinski definition) is 2. The first kappa shape index (κ1) is 24.0. The Morgan fingerprint density at radius 3 is 1.71 bits per heavy atom. The fourth-order valence-corrected chi connectivity index (χ4v) is 5.69. The number of anilines is 2. The van der Waals surface area contributed by atoms with Crippen LogP contribution in [0.1, 0.15) is 10.4 Å². The van der Waals surface area contributed by atoms with E-state index in [9.17, 15) is 22.8 Å². The van der Waals surface area contributed by atoms with Gasteiger partial charge in [-0.25, -0.2) is 18.0 Å². The van der Waals surface area contributed by atoms with Crippen molar-refractivity contribution in [3.05, 3.63) is 90.5 Å². The van der Waals surface area contributed by atoms with Crippen LogP contribution in [-0.2, 0) is 19.3 Å². The van der Waals surface area contributed by atoms with E-state index in [0.717, 1.165) is 0 Å². The zero-order valence-corrected chi connectivity index (χ0v) is 19.3. The topological polar surface area (TPSA) is 128 Å². The van der Waals surface area contributed by atoms with Gasteiger partial charge in [-0.05, 0) is 30.3 Å². The van der Waals surface area contributed by atoms with Crippen LogP contribution in [0, 0.1) is 5.41 Å². The lowest BCUT2D eigenvalue weighted by atomic mass is 9.83. The van der Waals surface area contributed by atoms with Crippen LogP contribution in [0.15, 0.2) is 89.8 Å². The minimum Gasteiger partial charge on any atom is -0.448 e. The number of carbonyl (C=O) groups is 3. The minimum atomic E-state index is -3.94. The summed E-state index contributed by atoms with van der Waals surface area (Å²) in [5.74, 6) is -1.28. The van der Waals surface area contributed by atoms with Gasteiger partial charge in [0.25, 0.3) is 0 Å². The highest BCUT2D eigenvalue weighted by atomic mass is 32.2. The Hall–Kier alpha value is -4.18. The molecule has 0 atom stereocenters. The number of sulfone groups is 1. The summed E-state index contributed by atoms with van der Waals surface area (Å²) < 4.78 is 36.6. The van der Waals surface area contributed by atoms with Gasteiger partial charge in [-0.2, -0.15) is 0 Å². The summed E-state index contributed by atoms with van der Waals surface area (Å²) in [4.78, 5) is 38.1. The van der Waals surface area contributed by atoms with Crippen LogP contribution < -0.4 is 10.6 Å². The third-order valence-corrected chi connectivity index (χ3v) is 7.37. The summed E-state index contributed by atoms with van der Waals surface area (Å²) in [5.41, 5.74) is -0.955. The van der Waals surface area contributed by atoms with Crippen molar-refractivity contribution in [2.75, 3.05) is 29.6 Å². The van der Waals surface area contributed by atoms with Crippen LogP contribution >= 0.6 is 0 Å². The van der Waals surface area contributed by atoms with Crippen LogP contribution in [0.5, 0.6) is 0 Å². The molecule has 1 heterocycles. The van der Waals surface area contributed by atoms with Gasteiger partial charge in [-0.15, -0.1) is 0 Å². The summed E-state index contributed by atoms with van der Waals surface area (Å²) in [6.45, 7) is -1.23. The molecule has 0 saturated carbocycles. The average molecular weight is 495 g/mol. The van der Waals surface area contributed by atoms with E-state index in [1.807, 2.05) is 0 Å². The molecule has 1 aliphatic rings. The molecule has 2 amide bonds. The monoisotopic (exact) mass is 494 g/mol. The first-order chi connectivity index (χ1) is 16.8. The van der Waals surface area contributed by atoms with Crippen molar-refractivity contribution >= 4 is 39.2 Å². The van der Waals surface area contributed by atoms with Crippen molar-refractivity contribution in [2.45, 2.75) is 4.90 Å². The number of amides is 2. The number of fused-ring (bicyclic) bond motifs is 1. The summed E-state index contributed by atoms with van der Waals surface area (Å²) in [6.07, 6.45) is -1.76. The molecule has 0 saturated heterocycles. The lowest BCUT2D eigenvalue weighted by Gasteiger charge is -2.34. The largest absolute Gasteiger partial charge is 0.448 e. The molecule has 0 radical (unpaired) electrons. The Balaban J connectivity index is 1.56. The van der Waals surface area contributed by atoms with E-state index >= 15 is 0 Å². The van der Waals surface area contributed by atoms with Gasteiger partial charge in [-0.1, -0.05) is 54.6 Å². The van der Waals surface area contributed by atoms with Gasteiger partial charge in [0.05, 0.1) is 10.6 Å². The summed E-state index contributed by atoms with van der Waals surface area (Å²) in [7, 11) is -3.94. The second-order valence-corrected chi connectivity index (χ2v) is 9.96. The van der Waals surface area contributed by atoms with Gasteiger partial charge >= 0.3 is 12.2 Å². The van der Waals surface area contributed by atoms with Crippen LogP contribution in [0.25, 0.3) is 0 Å². The molecule has 0 unspecified atom stereocenters. The molecule has 3 aromatic carbocycles. The third kappa shape index (κ3) is 5.49. The van der Waals surface area contributed by atoms with Crippen LogP contribution in [0.2, 0.25) is 0 Å². The van der Waals surface area contributed by atoms with Crippen molar-refractivity contribution in [1.82, 2.24) is 0 Å². The van der Waals surface area contributed by atoms with E-state index in [2.05, 4.69) is 10.6 Å². The average Bonchev–Trinajstić information content (AvgIpc) is 2.86. The number of para-hydroxylation sites is 2. The molecule has 0 aliphatic carbocycles. The molecule has 0 fully saturated rings. The fourth-order valence-electron chi connectivity index (χ4n) is 3.73. The highest BCUT2D eigenvalue weighted by Crippen LogP contribution is 2.37. The summed E-state index contributed by atoms with van der Waals surface area (Å²) in [5, 5.41) is 5.02. The first-order valence-electron chi connectivity index (χ1n) is 10.6. The Bertz CT molecular complexity index is 1280. The predicted octanol–water partition coefficient (Wildman–Crippen LogP) is 4.14. The zero-order chi connectivity index (χ0) is 24.9. The quantitative estimate of drug-likeness (QED) is 0.527. The number of rotatable bonds is 6. The first-order valence-corrected chi connectivity index (χ1v) is 12.3. The van der Waals surface area contributed by atoms with E-state index in [0.29, 0.717) is 11.4 Å². The normalized spacial score (nSPS) is 15.4. The minimum absolute atomic E-state index is 0.0436. The van der Waals surface area contributed by atoms with Gasteiger partial charge in [-0.3, -0.25) is 15.4 Å². The summed E-state index contributed by atoms with van der Waals surface area (Å²) in [6, 6.07) is 22.7. The smallest absolute Gasteiger partial charge is 0.411 e. The highest BCUT2D eigenvalue weighted by molar-refractivity contribution is 7.91. The van der Waals surface area contributed by atoms with E-state index in [-0.39, 0.29) is 10.5 Å². The van der Waals surface area contributed by atoms with Crippen molar-refractivity contribution < 1.29 is 32.3 Å². The molecule has 9 nitrogen and oxygen atoms in total. The fraction of sp³-hybridized carbons (Fsp3) is 0.160. The maximum absolute atomic E-state index is 13.5. The molecule has 0 aromatic heterocycles. The molecule has 10 heteroatoms. The molecule has 180 valence electrons. The Kier molecular flexibility index (Phi) is 6.83. The van der Waals surface area contributed by atoms with E-state index in [4.69, 9.17) is 9.47 Å². The molecule has 3 aromatic rings. The maximum Gasteiger partial charge on any atom is 0.411 e. The number of carbonyl (C=O) groups excluding carboxylic acids is 3. The predicted molar refractivity (Wildman–Crippen MR) is 128 cm³/mol. The van der Waals surface area contributed by atoms with Crippen LogP contribution in [0.4, 0.5) is 21.0 Å². The van der Waals surface area contributed by atoms with E-state index in [1.165, 1.54) is 24.3 Å². The van der Waals surface area contributed by atoms with E-state index < -0.39 is 52.2 Å². The molecule has 0 spiro atoms. The standard InChI is InChI=1S/C25H22N2O7S/c28-22-20-13-7-8-14-21(20)35(31,32)17-25(22,15-33-23(29)26-18-9-3-1-4-10-18)16-34-24(30)27-19-11-5-2-6-12-19/h1-14H,15-17H2,(H,26,29)(H,27,30). The van der Waals surface area contributed by atoms with Crippen molar-refractivity contribution in [1.29, 1.82) is 0 Å². The number of Topliss-reactive ketones (excluding diaryl/α,β-unsaturated/α-hetero) is 1. The molecule has 35 heavy (non-hydrogen) atoms. The highest BCUT2D eigenvalue weighted by Gasteiger charge is 2.51. The van der Waals surface area contributed by atoms with Gasteiger partial charge < -0.3 is 9.47 Å². The van der Waals surface area contributed by atoms with Crippen molar-refractivity contribution in [3.8, 4) is 0 Å². The number of benzene rings is 3. The number of ketones is 1. The zero-order valence-electron chi connectivity index (χ0n) is 18.5. The van der Waals surface area contributed by atoms with Crippen molar-refractivity contribution in [2.24, 2.45) is 5.41 Å². The molecular weight excluding hydrogens is 472 g/mol. The molecule has 0 bridgehead atoms. The molecular formula is C25H22N2O7S. The lowest BCUT2D eigenvalue weighted by Crippen LogP contribution is -2.50. The SMILES string of the molecule is O=C(Nc1ccccc1)OCC1(COC(=O)Nc2ccccc2)CS(=O)(=O)c2ccccc2C1=O. The second kappa shape index (κ2) is 9.98. The Morgan fingerprint density at radius 2 is 1.20 bits per heavy atom. The number of hydrogen-bond acceptors (Lipinski definition) is 7.